The van der Waals surface area contributed by atoms with E-state index < -0.39 is 12.1 Å². The van der Waals surface area contributed by atoms with Crippen molar-refractivity contribution in [3.05, 3.63) is 15.3 Å². The van der Waals surface area contributed by atoms with Crippen molar-refractivity contribution in [1.29, 1.82) is 0 Å². The number of nitrogens with two attached hydrogens (primary N) is 2. The number of nitrogens with zero attached hydrogens (tertiary/aromatic N) is 1. The van der Waals surface area contributed by atoms with E-state index in [-0.39, 0.29) is 17.9 Å². The average Bonchev–Trinajstić information content (AvgIpc) is 1.99. The van der Waals surface area contributed by atoms with Crippen LogP contribution in [0.25, 0.3) is 0 Å². The zero-order valence-corrected chi connectivity index (χ0v) is 9.46. The van der Waals surface area contributed by atoms with Gasteiger partial charge in [-0.15, -0.1) is 13.2 Å². The van der Waals surface area contributed by atoms with Gasteiger partial charge in [-0.1, -0.05) is 0 Å². The number of rotatable bonds is 2. The van der Waals surface area contributed by atoms with E-state index in [0.29, 0.717) is 3.70 Å². The molecule has 0 radical (unpaired) electrons. The Labute approximate surface area is 96.9 Å². The fraction of sp³-hybridized carbons (Fsp3) is 0.286. The molecule has 1 rings (SSSR count). The van der Waals surface area contributed by atoms with Gasteiger partial charge in [-0.2, -0.15) is 0 Å². The Morgan fingerprint density at radius 3 is 2.53 bits per heavy atom. The van der Waals surface area contributed by atoms with Crippen molar-refractivity contribution in [1.82, 2.24) is 4.98 Å². The van der Waals surface area contributed by atoms with E-state index in [4.69, 9.17) is 11.5 Å². The van der Waals surface area contributed by atoms with Crippen LogP contribution in [0.1, 0.15) is 5.56 Å². The summed E-state index contributed by atoms with van der Waals surface area (Å²) in [5.41, 5.74) is 10.8. The Morgan fingerprint density at radius 2 is 2.07 bits per heavy atom. The van der Waals surface area contributed by atoms with Gasteiger partial charge in [-0.3, -0.25) is 0 Å². The molecule has 0 unspecified atom stereocenters. The first-order valence-electron chi connectivity index (χ1n) is 3.74. The molecule has 0 saturated heterocycles. The number of anilines is 1. The number of ether oxygens (including phenoxy) is 1. The molecular formula is C7H7F3IN3O. The largest absolute Gasteiger partial charge is 0.573 e. The first-order chi connectivity index (χ1) is 6.83. The smallest absolute Gasteiger partial charge is 0.405 e. The number of nitrogen functional groups attached to an aromatic ring is 1. The summed E-state index contributed by atoms with van der Waals surface area (Å²) in [7, 11) is 0. The quantitative estimate of drug-likeness (QED) is 0.637. The monoisotopic (exact) mass is 333 g/mol. The molecule has 0 atom stereocenters. The fourth-order valence-electron chi connectivity index (χ4n) is 0.937. The summed E-state index contributed by atoms with van der Waals surface area (Å²) in [5.74, 6) is -0.447. The number of pyridine rings is 1. The summed E-state index contributed by atoms with van der Waals surface area (Å²) in [6.45, 7) is -0.100. The van der Waals surface area contributed by atoms with Crippen LogP contribution < -0.4 is 16.2 Å². The maximum atomic E-state index is 12.0. The third-order valence-electron chi connectivity index (χ3n) is 1.48. The normalized spacial score (nSPS) is 11.5. The fourth-order valence-corrected chi connectivity index (χ4v) is 1.70. The van der Waals surface area contributed by atoms with Gasteiger partial charge < -0.3 is 16.2 Å². The summed E-state index contributed by atoms with van der Waals surface area (Å²) in [6, 6.07) is 0.998. The highest BCUT2D eigenvalue weighted by Gasteiger charge is 2.32. The lowest BCUT2D eigenvalue weighted by Crippen LogP contribution is -2.19. The van der Waals surface area contributed by atoms with Crippen molar-refractivity contribution < 1.29 is 17.9 Å². The van der Waals surface area contributed by atoms with Crippen molar-refractivity contribution in [2.45, 2.75) is 12.9 Å². The van der Waals surface area contributed by atoms with Crippen LogP contribution in [0.3, 0.4) is 0 Å². The highest BCUT2D eigenvalue weighted by molar-refractivity contribution is 14.1. The molecule has 1 aromatic heterocycles. The van der Waals surface area contributed by atoms with Crippen molar-refractivity contribution in [3.8, 4) is 5.75 Å². The Morgan fingerprint density at radius 1 is 1.47 bits per heavy atom. The zero-order valence-electron chi connectivity index (χ0n) is 7.31. The summed E-state index contributed by atoms with van der Waals surface area (Å²) >= 11 is 1.74. The molecule has 0 aromatic carbocycles. The summed E-state index contributed by atoms with van der Waals surface area (Å²) in [5, 5.41) is 0. The third-order valence-corrected chi connectivity index (χ3v) is 2.37. The summed E-state index contributed by atoms with van der Waals surface area (Å²) in [4.78, 5) is 3.77. The van der Waals surface area contributed by atoms with Crippen LogP contribution in [-0.4, -0.2) is 11.3 Å². The number of alkyl halides is 3. The standard InChI is InChI=1S/C7H7F3IN3O/c8-7(9,10)15-4-1-5(13)14-6(11)3(4)2-12/h1H,2,12H2,(H2,13,14). The SMILES string of the molecule is NCc1c(OC(F)(F)F)cc(N)nc1I. The van der Waals surface area contributed by atoms with Crippen molar-refractivity contribution in [3.63, 3.8) is 0 Å². The van der Waals surface area contributed by atoms with Crippen LogP contribution in [0.4, 0.5) is 19.0 Å². The van der Waals surface area contributed by atoms with Crippen LogP contribution in [-0.2, 0) is 6.54 Å². The maximum Gasteiger partial charge on any atom is 0.573 e. The molecule has 84 valence electrons. The molecule has 0 amide bonds. The van der Waals surface area contributed by atoms with Crippen LogP contribution in [0, 0.1) is 3.70 Å². The molecule has 0 aliphatic carbocycles. The van der Waals surface area contributed by atoms with Crippen molar-refractivity contribution >= 4 is 28.4 Å². The molecule has 0 aliphatic heterocycles. The minimum Gasteiger partial charge on any atom is -0.405 e. The lowest BCUT2D eigenvalue weighted by atomic mass is 10.2. The van der Waals surface area contributed by atoms with E-state index in [2.05, 4.69) is 9.72 Å². The number of hydrogen-bond acceptors (Lipinski definition) is 4. The van der Waals surface area contributed by atoms with Gasteiger partial charge in [0.05, 0.1) is 0 Å². The molecular weight excluding hydrogens is 326 g/mol. The predicted molar refractivity (Wildman–Crippen MR) is 55.9 cm³/mol. The van der Waals surface area contributed by atoms with Crippen molar-refractivity contribution in [2.75, 3.05) is 5.73 Å². The van der Waals surface area contributed by atoms with Crippen molar-refractivity contribution in [2.24, 2.45) is 5.73 Å². The van der Waals surface area contributed by atoms with Crippen LogP contribution in [0.15, 0.2) is 6.07 Å². The van der Waals surface area contributed by atoms with Crippen LogP contribution in [0.5, 0.6) is 5.75 Å². The summed E-state index contributed by atoms with van der Waals surface area (Å²) < 4.78 is 40.1. The van der Waals surface area contributed by atoms with Crippen LogP contribution >= 0.6 is 22.6 Å². The predicted octanol–water partition coefficient (Wildman–Crippen LogP) is 1.63. The molecule has 1 heterocycles. The topological polar surface area (TPSA) is 74.2 Å². The Balaban J connectivity index is 3.15. The molecule has 4 nitrogen and oxygen atoms in total. The van der Waals surface area contributed by atoms with Gasteiger partial charge in [0.1, 0.15) is 15.3 Å². The van der Waals surface area contributed by atoms with E-state index in [0.717, 1.165) is 6.07 Å². The first-order valence-corrected chi connectivity index (χ1v) is 4.82. The molecule has 0 fully saturated rings. The number of halogens is 4. The lowest BCUT2D eigenvalue weighted by molar-refractivity contribution is -0.274. The molecule has 8 heteroatoms. The van der Waals surface area contributed by atoms with E-state index in [1.165, 1.54) is 0 Å². The van der Waals surface area contributed by atoms with Gasteiger partial charge in [0.2, 0.25) is 0 Å². The van der Waals surface area contributed by atoms with Gasteiger partial charge in [-0.05, 0) is 22.6 Å². The minimum absolute atomic E-state index is 0.0455. The second-order valence-corrected chi connectivity index (χ2v) is 3.59. The van der Waals surface area contributed by atoms with Crippen LogP contribution in [0.2, 0.25) is 0 Å². The molecule has 0 saturated carbocycles. The second-order valence-electron chi connectivity index (χ2n) is 2.57. The Kier molecular flexibility index (Phi) is 3.60. The highest BCUT2D eigenvalue weighted by Crippen LogP contribution is 2.29. The second kappa shape index (κ2) is 4.39. The van der Waals surface area contributed by atoms with Gasteiger partial charge in [-0.25, -0.2) is 4.98 Å². The molecule has 0 spiro atoms. The van der Waals surface area contributed by atoms with E-state index >= 15 is 0 Å². The minimum atomic E-state index is -4.76. The van der Waals surface area contributed by atoms with Gasteiger partial charge in [0.15, 0.2) is 0 Å². The summed E-state index contributed by atoms with van der Waals surface area (Å²) in [6.07, 6.45) is -4.76. The van der Waals surface area contributed by atoms with Gasteiger partial charge >= 0.3 is 6.36 Å². The lowest BCUT2D eigenvalue weighted by Gasteiger charge is -2.13. The van der Waals surface area contributed by atoms with Gasteiger partial charge in [0.25, 0.3) is 0 Å². The first kappa shape index (κ1) is 12.3. The number of hydrogen-bond donors (Lipinski definition) is 2. The van der Waals surface area contributed by atoms with E-state index in [1.807, 2.05) is 0 Å². The third kappa shape index (κ3) is 3.38. The number of aromatic nitrogens is 1. The molecule has 1 aromatic rings. The van der Waals surface area contributed by atoms with E-state index in [9.17, 15) is 13.2 Å². The molecule has 4 N–H and O–H groups in total. The highest BCUT2D eigenvalue weighted by atomic mass is 127. The Hall–Kier alpha value is -0.770. The molecule has 0 aliphatic rings. The molecule has 15 heavy (non-hydrogen) atoms. The molecule has 0 bridgehead atoms. The van der Waals surface area contributed by atoms with E-state index in [1.54, 1.807) is 22.6 Å². The van der Waals surface area contributed by atoms with Gasteiger partial charge in [0, 0.05) is 18.2 Å². The zero-order chi connectivity index (χ0) is 11.6. The maximum absolute atomic E-state index is 12.0. The Bertz CT molecular complexity index is 369. The average molecular weight is 333 g/mol.